The molecule has 0 unspecified atom stereocenters. The van der Waals surface area contributed by atoms with Gasteiger partial charge >= 0.3 is 5.97 Å². The van der Waals surface area contributed by atoms with E-state index in [-0.39, 0.29) is 0 Å². The van der Waals surface area contributed by atoms with Gasteiger partial charge in [0.25, 0.3) is 0 Å². The van der Waals surface area contributed by atoms with Gasteiger partial charge in [0.05, 0.1) is 0 Å². The third kappa shape index (κ3) is 2.97. The lowest BCUT2D eigenvalue weighted by Crippen LogP contribution is -1.97. The van der Waals surface area contributed by atoms with Crippen LogP contribution in [0.1, 0.15) is 24.1 Å². The van der Waals surface area contributed by atoms with E-state index in [2.05, 4.69) is 9.97 Å². The Morgan fingerprint density at radius 1 is 1.57 bits per heavy atom. The van der Waals surface area contributed by atoms with Crippen molar-refractivity contribution < 1.29 is 9.90 Å². The summed E-state index contributed by atoms with van der Waals surface area (Å²) < 4.78 is 0. The highest BCUT2D eigenvalue weighted by atomic mass is 16.4. The van der Waals surface area contributed by atoms with Gasteiger partial charge in [0.2, 0.25) is 0 Å². The van der Waals surface area contributed by atoms with Crippen molar-refractivity contribution in [2.24, 2.45) is 0 Å². The van der Waals surface area contributed by atoms with Crippen molar-refractivity contribution in [1.82, 2.24) is 9.97 Å². The maximum Gasteiger partial charge on any atom is 0.328 e. The van der Waals surface area contributed by atoms with Crippen molar-refractivity contribution in [3.05, 3.63) is 29.4 Å². The molecule has 0 spiro atoms. The second-order valence-electron chi connectivity index (χ2n) is 2.88. The van der Waals surface area contributed by atoms with Gasteiger partial charge in [-0.3, -0.25) is 0 Å². The summed E-state index contributed by atoms with van der Waals surface area (Å²) in [6, 6.07) is 1.89. The summed E-state index contributed by atoms with van der Waals surface area (Å²) in [4.78, 5) is 18.5. The van der Waals surface area contributed by atoms with Crippen LogP contribution >= 0.6 is 0 Å². The number of aliphatic carboxylic acids is 1. The minimum atomic E-state index is -0.992. The molecule has 0 aromatic carbocycles. The van der Waals surface area contributed by atoms with Crippen LogP contribution in [-0.2, 0) is 11.2 Å². The average Bonchev–Trinajstić information content (AvgIpc) is 2.14. The number of carbonyl (C=O) groups is 1. The molecule has 1 aromatic rings. The Kier molecular flexibility index (Phi) is 3.34. The van der Waals surface area contributed by atoms with E-state index in [0.29, 0.717) is 5.82 Å². The second-order valence-corrected chi connectivity index (χ2v) is 2.88. The van der Waals surface area contributed by atoms with Crippen LogP contribution in [0.15, 0.2) is 12.1 Å². The SMILES string of the molecule is CCc1cc(C)nc(/C=C/C(=O)O)n1. The highest BCUT2D eigenvalue weighted by Crippen LogP contribution is 2.02. The Morgan fingerprint density at radius 3 is 2.86 bits per heavy atom. The van der Waals surface area contributed by atoms with Gasteiger partial charge in [-0.25, -0.2) is 14.8 Å². The molecule has 0 bridgehead atoms. The van der Waals surface area contributed by atoms with E-state index in [1.54, 1.807) is 0 Å². The van der Waals surface area contributed by atoms with Crippen molar-refractivity contribution in [3.8, 4) is 0 Å². The van der Waals surface area contributed by atoms with Crippen LogP contribution in [0.5, 0.6) is 0 Å². The zero-order valence-electron chi connectivity index (χ0n) is 8.19. The van der Waals surface area contributed by atoms with Gasteiger partial charge in [-0.15, -0.1) is 0 Å². The quantitative estimate of drug-likeness (QED) is 0.736. The molecule has 0 aliphatic carbocycles. The van der Waals surface area contributed by atoms with Crippen LogP contribution < -0.4 is 0 Å². The number of nitrogens with zero attached hydrogens (tertiary/aromatic N) is 2. The average molecular weight is 192 g/mol. The predicted molar refractivity (Wildman–Crippen MR) is 52.8 cm³/mol. The van der Waals surface area contributed by atoms with Gasteiger partial charge < -0.3 is 5.11 Å². The number of aryl methyl sites for hydroxylation is 2. The van der Waals surface area contributed by atoms with Crippen molar-refractivity contribution in [3.63, 3.8) is 0 Å². The lowest BCUT2D eigenvalue weighted by molar-refractivity contribution is -0.131. The highest BCUT2D eigenvalue weighted by Gasteiger charge is 1.98. The monoisotopic (exact) mass is 192 g/mol. The van der Waals surface area contributed by atoms with Crippen LogP contribution in [0, 0.1) is 6.92 Å². The first-order valence-corrected chi connectivity index (χ1v) is 4.37. The summed E-state index contributed by atoms with van der Waals surface area (Å²) in [5.41, 5.74) is 1.77. The van der Waals surface area contributed by atoms with Gasteiger partial charge in [0.15, 0.2) is 5.82 Å². The number of hydrogen-bond acceptors (Lipinski definition) is 3. The largest absolute Gasteiger partial charge is 0.478 e. The lowest BCUT2D eigenvalue weighted by atomic mass is 10.3. The van der Waals surface area contributed by atoms with Crippen LogP contribution in [0.2, 0.25) is 0 Å². The van der Waals surface area contributed by atoms with Crippen LogP contribution in [0.4, 0.5) is 0 Å². The number of carboxylic acids is 1. The normalized spacial score (nSPS) is 10.7. The first kappa shape index (κ1) is 10.4. The fraction of sp³-hybridized carbons (Fsp3) is 0.300. The topological polar surface area (TPSA) is 63.1 Å². The Bertz CT molecular complexity index is 372. The molecule has 0 aliphatic heterocycles. The van der Waals surface area contributed by atoms with Crippen molar-refractivity contribution in [2.75, 3.05) is 0 Å². The van der Waals surface area contributed by atoms with Gasteiger partial charge in [-0.2, -0.15) is 0 Å². The molecule has 1 N–H and O–H groups in total. The summed E-state index contributed by atoms with van der Waals surface area (Å²) in [6.45, 7) is 3.85. The number of hydrogen-bond donors (Lipinski definition) is 1. The van der Waals surface area contributed by atoms with E-state index in [4.69, 9.17) is 5.11 Å². The molecule has 0 atom stereocenters. The molecule has 4 nitrogen and oxygen atoms in total. The van der Waals surface area contributed by atoms with Crippen molar-refractivity contribution >= 4 is 12.0 Å². The molecule has 0 saturated heterocycles. The standard InChI is InChI=1S/C10H12N2O2/c1-3-8-6-7(2)11-9(12-8)4-5-10(13)14/h4-6H,3H2,1-2H3,(H,13,14)/b5-4+. The summed E-state index contributed by atoms with van der Waals surface area (Å²) >= 11 is 0. The number of carboxylic acid groups (broad SMARTS) is 1. The predicted octanol–water partition coefficient (Wildman–Crippen LogP) is 1.45. The Morgan fingerprint density at radius 2 is 2.29 bits per heavy atom. The lowest BCUT2D eigenvalue weighted by Gasteiger charge is -1.99. The fourth-order valence-electron chi connectivity index (χ4n) is 1.06. The second kappa shape index (κ2) is 4.50. The minimum Gasteiger partial charge on any atom is -0.478 e. The Labute approximate surface area is 82.3 Å². The summed E-state index contributed by atoms with van der Waals surface area (Å²) in [5, 5.41) is 8.43. The molecule has 0 amide bonds. The number of aromatic nitrogens is 2. The third-order valence-electron chi connectivity index (χ3n) is 1.66. The molecule has 0 fully saturated rings. The molecule has 1 aromatic heterocycles. The van der Waals surface area contributed by atoms with Gasteiger partial charge in [-0.05, 0) is 25.5 Å². The third-order valence-corrected chi connectivity index (χ3v) is 1.66. The van der Waals surface area contributed by atoms with Crippen LogP contribution in [0.3, 0.4) is 0 Å². The molecule has 0 radical (unpaired) electrons. The maximum absolute atomic E-state index is 10.3. The van der Waals surface area contributed by atoms with E-state index in [1.807, 2.05) is 19.9 Å². The van der Waals surface area contributed by atoms with Gasteiger partial charge in [0.1, 0.15) is 0 Å². The molecule has 0 aliphatic rings. The van der Waals surface area contributed by atoms with E-state index in [0.717, 1.165) is 23.9 Å². The molecular formula is C10H12N2O2. The molecule has 1 heterocycles. The summed E-state index contributed by atoms with van der Waals surface area (Å²) in [7, 11) is 0. The first-order valence-electron chi connectivity index (χ1n) is 4.37. The van der Waals surface area contributed by atoms with E-state index in [9.17, 15) is 4.79 Å². The maximum atomic E-state index is 10.3. The minimum absolute atomic E-state index is 0.448. The molecular weight excluding hydrogens is 180 g/mol. The Balaban J connectivity index is 2.97. The fourth-order valence-corrected chi connectivity index (χ4v) is 1.06. The Hall–Kier alpha value is -1.71. The zero-order valence-corrected chi connectivity index (χ0v) is 8.19. The number of rotatable bonds is 3. The van der Waals surface area contributed by atoms with Gasteiger partial charge in [0, 0.05) is 17.5 Å². The van der Waals surface area contributed by atoms with Crippen molar-refractivity contribution in [1.29, 1.82) is 0 Å². The molecule has 14 heavy (non-hydrogen) atoms. The molecule has 1 rings (SSSR count). The summed E-state index contributed by atoms with van der Waals surface area (Å²) in [5.74, 6) is -0.544. The smallest absolute Gasteiger partial charge is 0.328 e. The zero-order chi connectivity index (χ0) is 10.6. The molecule has 4 heteroatoms. The van der Waals surface area contributed by atoms with E-state index < -0.39 is 5.97 Å². The molecule has 74 valence electrons. The van der Waals surface area contributed by atoms with E-state index in [1.165, 1.54) is 6.08 Å². The van der Waals surface area contributed by atoms with Crippen molar-refractivity contribution in [2.45, 2.75) is 20.3 Å². The van der Waals surface area contributed by atoms with Crippen LogP contribution in [-0.4, -0.2) is 21.0 Å². The van der Waals surface area contributed by atoms with Gasteiger partial charge in [-0.1, -0.05) is 6.92 Å². The highest BCUT2D eigenvalue weighted by molar-refractivity contribution is 5.84. The van der Waals surface area contributed by atoms with E-state index >= 15 is 0 Å². The molecule has 0 saturated carbocycles. The summed E-state index contributed by atoms with van der Waals surface area (Å²) in [6.07, 6.45) is 3.25. The first-order chi connectivity index (χ1) is 6.61. The van der Waals surface area contributed by atoms with Crippen LogP contribution in [0.25, 0.3) is 6.08 Å².